The number of amides is 1. The van der Waals surface area contributed by atoms with Crippen molar-refractivity contribution in [2.24, 2.45) is 0 Å². The fourth-order valence-corrected chi connectivity index (χ4v) is 4.16. The van der Waals surface area contributed by atoms with Crippen molar-refractivity contribution in [1.29, 1.82) is 0 Å². The minimum Gasteiger partial charge on any atom is -0.362 e. The molecule has 6 nitrogen and oxygen atoms in total. The molecular formula is C21H29N3O3S. The van der Waals surface area contributed by atoms with Crippen LogP contribution in [0.1, 0.15) is 23.6 Å². The van der Waals surface area contributed by atoms with Crippen LogP contribution in [-0.2, 0) is 21.4 Å². The fourth-order valence-electron chi connectivity index (χ4n) is 3.04. The Bertz CT molecular complexity index is 919. The zero-order valence-corrected chi connectivity index (χ0v) is 18.0. The SMILES string of the molecule is CCN(CC(=O)NCc1ccccc1S(=O)(=O)N(C)C)c1cc(C)cc(C)c1. The van der Waals surface area contributed by atoms with Crippen molar-refractivity contribution in [3.8, 4) is 0 Å². The van der Waals surface area contributed by atoms with Crippen LogP contribution in [0.3, 0.4) is 0 Å². The first-order chi connectivity index (χ1) is 13.1. The molecule has 0 aliphatic heterocycles. The van der Waals surface area contributed by atoms with E-state index in [0.29, 0.717) is 12.1 Å². The number of carbonyl (C=O) groups excluding carboxylic acids is 1. The molecule has 0 fully saturated rings. The lowest BCUT2D eigenvalue weighted by molar-refractivity contribution is -0.119. The largest absolute Gasteiger partial charge is 0.362 e. The number of anilines is 1. The van der Waals surface area contributed by atoms with Crippen LogP contribution >= 0.6 is 0 Å². The van der Waals surface area contributed by atoms with Gasteiger partial charge in [0.05, 0.1) is 11.4 Å². The molecule has 0 spiro atoms. The fraction of sp³-hybridized carbons (Fsp3) is 0.381. The highest BCUT2D eigenvalue weighted by Gasteiger charge is 2.21. The minimum absolute atomic E-state index is 0.155. The Balaban J connectivity index is 2.10. The molecule has 0 saturated heterocycles. The topological polar surface area (TPSA) is 69.7 Å². The van der Waals surface area contributed by atoms with Gasteiger partial charge in [0.2, 0.25) is 15.9 Å². The van der Waals surface area contributed by atoms with Crippen LogP contribution in [0.25, 0.3) is 0 Å². The van der Waals surface area contributed by atoms with Gasteiger partial charge in [-0.2, -0.15) is 0 Å². The van der Waals surface area contributed by atoms with E-state index < -0.39 is 10.0 Å². The van der Waals surface area contributed by atoms with E-state index in [9.17, 15) is 13.2 Å². The van der Waals surface area contributed by atoms with E-state index in [1.165, 1.54) is 18.4 Å². The van der Waals surface area contributed by atoms with Crippen molar-refractivity contribution in [2.75, 3.05) is 32.1 Å². The van der Waals surface area contributed by atoms with E-state index in [4.69, 9.17) is 0 Å². The molecule has 7 heteroatoms. The normalized spacial score (nSPS) is 11.5. The zero-order valence-electron chi connectivity index (χ0n) is 17.2. The molecule has 0 aliphatic carbocycles. The molecule has 28 heavy (non-hydrogen) atoms. The molecule has 0 radical (unpaired) electrons. The number of hydrogen-bond donors (Lipinski definition) is 1. The lowest BCUT2D eigenvalue weighted by Crippen LogP contribution is -2.37. The van der Waals surface area contributed by atoms with Gasteiger partial charge in [-0.15, -0.1) is 0 Å². The second-order valence-corrected chi connectivity index (χ2v) is 9.15. The third-order valence-electron chi connectivity index (χ3n) is 4.50. The second kappa shape index (κ2) is 9.21. The van der Waals surface area contributed by atoms with Crippen LogP contribution in [0.2, 0.25) is 0 Å². The molecule has 0 unspecified atom stereocenters. The maximum Gasteiger partial charge on any atom is 0.242 e. The summed E-state index contributed by atoms with van der Waals surface area (Å²) in [5, 5.41) is 2.85. The lowest BCUT2D eigenvalue weighted by atomic mass is 10.1. The van der Waals surface area contributed by atoms with Gasteiger partial charge in [-0.05, 0) is 55.7 Å². The smallest absolute Gasteiger partial charge is 0.242 e. The van der Waals surface area contributed by atoms with Gasteiger partial charge in [-0.1, -0.05) is 24.3 Å². The minimum atomic E-state index is -3.56. The molecule has 2 rings (SSSR count). The summed E-state index contributed by atoms with van der Waals surface area (Å²) < 4.78 is 26.1. The van der Waals surface area contributed by atoms with Crippen molar-refractivity contribution >= 4 is 21.6 Å². The second-order valence-electron chi connectivity index (χ2n) is 7.03. The highest BCUT2D eigenvalue weighted by molar-refractivity contribution is 7.89. The number of sulfonamides is 1. The number of hydrogen-bond acceptors (Lipinski definition) is 4. The molecular weight excluding hydrogens is 374 g/mol. The summed E-state index contributed by atoms with van der Waals surface area (Å²) in [6.07, 6.45) is 0. The van der Waals surface area contributed by atoms with Crippen molar-refractivity contribution in [1.82, 2.24) is 9.62 Å². The van der Waals surface area contributed by atoms with Crippen LogP contribution in [0.15, 0.2) is 47.4 Å². The van der Waals surface area contributed by atoms with Crippen LogP contribution < -0.4 is 10.2 Å². The van der Waals surface area contributed by atoms with Gasteiger partial charge < -0.3 is 10.2 Å². The van der Waals surface area contributed by atoms with E-state index in [2.05, 4.69) is 23.5 Å². The van der Waals surface area contributed by atoms with Gasteiger partial charge in [-0.25, -0.2) is 12.7 Å². The van der Waals surface area contributed by atoms with E-state index in [0.717, 1.165) is 16.8 Å². The number of benzene rings is 2. The highest BCUT2D eigenvalue weighted by atomic mass is 32.2. The number of rotatable bonds is 8. The van der Waals surface area contributed by atoms with Crippen LogP contribution in [0.4, 0.5) is 5.69 Å². The molecule has 1 N–H and O–H groups in total. The van der Waals surface area contributed by atoms with Gasteiger partial charge >= 0.3 is 0 Å². The Morgan fingerprint density at radius 1 is 1.04 bits per heavy atom. The summed E-state index contributed by atoms with van der Waals surface area (Å²) in [5.41, 5.74) is 3.87. The third-order valence-corrected chi connectivity index (χ3v) is 6.41. The first-order valence-corrected chi connectivity index (χ1v) is 10.7. The van der Waals surface area contributed by atoms with E-state index in [1.807, 2.05) is 25.7 Å². The molecule has 0 bridgehead atoms. The highest BCUT2D eigenvalue weighted by Crippen LogP contribution is 2.20. The molecule has 0 aromatic heterocycles. The van der Waals surface area contributed by atoms with Crippen LogP contribution in [0, 0.1) is 13.8 Å². The molecule has 0 atom stereocenters. The zero-order chi connectivity index (χ0) is 20.9. The summed E-state index contributed by atoms with van der Waals surface area (Å²) in [6, 6.07) is 12.9. The van der Waals surface area contributed by atoms with E-state index in [-0.39, 0.29) is 23.9 Å². The molecule has 2 aromatic rings. The Hall–Kier alpha value is -2.38. The van der Waals surface area contributed by atoms with Gasteiger partial charge in [-0.3, -0.25) is 4.79 Å². The van der Waals surface area contributed by atoms with Gasteiger partial charge in [0, 0.05) is 32.9 Å². The summed E-state index contributed by atoms with van der Waals surface area (Å²) in [5.74, 6) is -0.155. The lowest BCUT2D eigenvalue weighted by Gasteiger charge is -2.23. The molecule has 2 aromatic carbocycles. The van der Waals surface area contributed by atoms with Crippen molar-refractivity contribution in [3.05, 3.63) is 59.2 Å². The predicted octanol–water partition coefficient (Wildman–Crippen LogP) is 2.70. The molecule has 1 amide bonds. The number of carbonyl (C=O) groups is 1. The number of nitrogens with one attached hydrogen (secondary N) is 1. The maximum absolute atomic E-state index is 12.5. The average Bonchev–Trinajstić information content (AvgIpc) is 2.63. The van der Waals surface area contributed by atoms with Crippen molar-refractivity contribution in [2.45, 2.75) is 32.2 Å². The summed E-state index contributed by atoms with van der Waals surface area (Å²) in [6.45, 7) is 7.14. The average molecular weight is 404 g/mol. The monoisotopic (exact) mass is 403 g/mol. The molecule has 0 aliphatic rings. The summed E-state index contributed by atoms with van der Waals surface area (Å²) in [4.78, 5) is 14.7. The number of likely N-dealkylation sites (N-methyl/N-ethyl adjacent to an activating group) is 1. The Morgan fingerprint density at radius 3 is 2.21 bits per heavy atom. The molecule has 0 heterocycles. The quantitative estimate of drug-likeness (QED) is 0.736. The van der Waals surface area contributed by atoms with Gasteiger partial charge in [0.1, 0.15) is 0 Å². The van der Waals surface area contributed by atoms with E-state index in [1.54, 1.807) is 24.3 Å². The van der Waals surface area contributed by atoms with Crippen LogP contribution in [0.5, 0.6) is 0 Å². The third kappa shape index (κ3) is 5.33. The molecule has 0 saturated carbocycles. The first-order valence-electron chi connectivity index (χ1n) is 9.25. The standard InChI is InChI=1S/C21H29N3O3S/c1-6-24(19-12-16(2)11-17(3)13-19)15-21(25)22-14-18-9-7-8-10-20(18)28(26,27)23(4)5/h7-13H,6,14-15H2,1-5H3,(H,22,25). The molecule has 152 valence electrons. The Labute approximate surface area is 168 Å². The Kier molecular flexibility index (Phi) is 7.21. The summed E-state index contributed by atoms with van der Waals surface area (Å²) in [7, 11) is -0.577. The Morgan fingerprint density at radius 2 is 1.64 bits per heavy atom. The van der Waals surface area contributed by atoms with Gasteiger partial charge in [0.15, 0.2) is 0 Å². The maximum atomic E-state index is 12.5. The van der Waals surface area contributed by atoms with Crippen molar-refractivity contribution in [3.63, 3.8) is 0 Å². The number of nitrogens with zero attached hydrogens (tertiary/aromatic N) is 2. The van der Waals surface area contributed by atoms with E-state index >= 15 is 0 Å². The van der Waals surface area contributed by atoms with Crippen LogP contribution in [-0.4, -0.2) is 45.8 Å². The first kappa shape index (κ1) is 21.9. The number of aryl methyl sites for hydroxylation is 2. The summed E-state index contributed by atoms with van der Waals surface area (Å²) >= 11 is 0. The predicted molar refractivity (Wildman–Crippen MR) is 113 cm³/mol. The van der Waals surface area contributed by atoms with Gasteiger partial charge in [0.25, 0.3) is 0 Å². The van der Waals surface area contributed by atoms with Crippen molar-refractivity contribution < 1.29 is 13.2 Å².